The van der Waals surface area contributed by atoms with Crippen molar-refractivity contribution in [3.63, 3.8) is 0 Å². The molecule has 73 heavy (non-hydrogen) atoms. The summed E-state index contributed by atoms with van der Waals surface area (Å²) in [5.74, 6) is -16.1. The minimum Gasteiger partial charge on any atom is -0.461 e. The summed E-state index contributed by atoms with van der Waals surface area (Å²) in [6, 6.07) is 19.9. The Morgan fingerprint density at radius 1 is 0.589 bits per heavy atom. The number of hydrogen-bond acceptors (Lipinski definition) is 13. The SMILES string of the molecule is CCOC(=O)C(F)(F)C(=O)CC(=O)c1ccc(Br)cc1-n1nncc1-c1ccc(OC(F)(F)F)cc1.CCOC(=O)C(F)(F)c1cc(-c2ccc(Br)cc2-n2nncc2-c2ccc(OC(F)(F)F)cc2)n(C)n1. The fourth-order valence-electron chi connectivity index (χ4n) is 6.57. The van der Waals surface area contributed by atoms with Gasteiger partial charge >= 0.3 is 36.5 Å². The van der Waals surface area contributed by atoms with Crippen LogP contribution < -0.4 is 9.47 Å². The lowest BCUT2D eigenvalue weighted by molar-refractivity contribution is -0.275. The van der Waals surface area contributed by atoms with E-state index in [2.05, 4.69) is 76.5 Å². The number of alkyl halides is 10. The number of carbonyl (C=O) groups is 4. The van der Waals surface area contributed by atoms with Crippen LogP contribution in [-0.2, 0) is 36.8 Å². The monoisotopic (exact) mass is 1160 g/mol. The first-order valence-electron chi connectivity index (χ1n) is 20.6. The first-order chi connectivity index (χ1) is 34.2. The van der Waals surface area contributed by atoms with Gasteiger partial charge < -0.3 is 18.9 Å². The Morgan fingerprint density at radius 3 is 1.55 bits per heavy atom. The fourth-order valence-corrected chi connectivity index (χ4v) is 7.27. The number of esters is 2. The van der Waals surface area contributed by atoms with Crippen molar-refractivity contribution in [1.82, 2.24) is 39.8 Å². The van der Waals surface area contributed by atoms with Crippen LogP contribution >= 0.6 is 31.9 Å². The molecule has 4 aromatic carbocycles. The molecule has 0 saturated carbocycles. The zero-order valence-electron chi connectivity index (χ0n) is 37.3. The van der Waals surface area contributed by atoms with Gasteiger partial charge in [-0.3, -0.25) is 14.3 Å². The van der Waals surface area contributed by atoms with Gasteiger partial charge in [-0.25, -0.2) is 19.0 Å². The maximum atomic E-state index is 14.6. The molecular weight excluding hydrogens is 1130 g/mol. The lowest BCUT2D eigenvalue weighted by Crippen LogP contribution is -2.40. The maximum absolute atomic E-state index is 14.6. The van der Waals surface area contributed by atoms with Gasteiger partial charge in [0.1, 0.15) is 17.2 Å². The summed E-state index contributed by atoms with van der Waals surface area (Å²) in [4.78, 5) is 48.1. The molecule has 0 atom stereocenters. The number of benzene rings is 4. The summed E-state index contributed by atoms with van der Waals surface area (Å²) >= 11 is 6.60. The third-order valence-electron chi connectivity index (χ3n) is 9.75. The number of halogens is 12. The molecule has 0 saturated heterocycles. The number of rotatable bonds is 16. The molecule has 0 radical (unpaired) electrons. The van der Waals surface area contributed by atoms with Crippen LogP contribution in [0.5, 0.6) is 11.5 Å². The number of aromatic nitrogens is 8. The van der Waals surface area contributed by atoms with E-state index in [9.17, 15) is 63.1 Å². The van der Waals surface area contributed by atoms with Gasteiger partial charge in [-0.2, -0.15) is 22.7 Å². The van der Waals surface area contributed by atoms with Crippen molar-refractivity contribution in [1.29, 1.82) is 0 Å². The van der Waals surface area contributed by atoms with Gasteiger partial charge in [-0.15, -0.1) is 36.5 Å². The predicted molar refractivity (Wildman–Crippen MR) is 241 cm³/mol. The van der Waals surface area contributed by atoms with E-state index < -0.39 is 71.7 Å². The standard InChI is InChI=1S/C23H17BrF5N5O3.C22H15BrF5N3O5/c1-3-36-21(35)22(25,26)20-11-17(33(2)31-20)16-9-6-14(24)10-18(16)34-19(12-30-32-34)13-4-7-15(8-5-13)37-23(27,28)29;1-2-35-20(34)21(24,25)19(33)10-18(32)15-8-5-13(23)9-16(15)31-17(11-29-30-31)12-3-6-14(7-4-12)36-22(26,27)28/h4-12H,3H2,1-2H3;3-9,11H,2,10H2,1H3. The van der Waals surface area contributed by atoms with Crippen LogP contribution in [0.15, 0.2) is 112 Å². The zero-order valence-corrected chi connectivity index (χ0v) is 40.5. The van der Waals surface area contributed by atoms with Crippen LogP contribution in [0.3, 0.4) is 0 Å². The highest BCUT2D eigenvalue weighted by molar-refractivity contribution is 9.10. The smallest absolute Gasteiger partial charge is 0.461 e. The second-order valence-corrected chi connectivity index (χ2v) is 16.5. The lowest BCUT2D eigenvalue weighted by Gasteiger charge is -2.15. The highest BCUT2D eigenvalue weighted by atomic mass is 79.9. The molecule has 7 aromatic rings. The van der Waals surface area contributed by atoms with E-state index in [-0.39, 0.29) is 35.9 Å². The summed E-state index contributed by atoms with van der Waals surface area (Å²) in [5, 5.41) is 19.5. The van der Waals surface area contributed by atoms with Gasteiger partial charge in [0.2, 0.25) is 5.78 Å². The maximum Gasteiger partial charge on any atom is 0.573 e. The van der Waals surface area contributed by atoms with Crippen LogP contribution in [-0.4, -0.2) is 95.1 Å². The van der Waals surface area contributed by atoms with E-state index in [1.54, 1.807) is 18.2 Å². The molecule has 3 aromatic heterocycles. The second-order valence-electron chi connectivity index (χ2n) is 14.7. The molecule has 0 bridgehead atoms. The van der Waals surface area contributed by atoms with E-state index >= 15 is 0 Å². The number of aryl methyl sites for hydroxylation is 1. The molecule has 0 fully saturated rings. The largest absolute Gasteiger partial charge is 0.573 e. The normalized spacial score (nSPS) is 11.9. The van der Waals surface area contributed by atoms with Crippen LogP contribution in [0.2, 0.25) is 0 Å². The number of nitrogens with zero attached hydrogens (tertiary/aromatic N) is 8. The van der Waals surface area contributed by atoms with Crippen LogP contribution in [0.25, 0.3) is 45.1 Å². The molecule has 0 aliphatic heterocycles. The van der Waals surface area contributed by atoms with Crippen LogP contribution in [0, 0.1) is 0 Å². The Hall–Kier alpha value is -7.49. The Balaban J connectivity index is 0.000000238. The van der Waals surface area contributed by atoms with E-state index in [4.69, 9.17) is 0 Å². The number of ether oxygens (including phenoxy) is 4. The minimum atomic E-state index is -4.88. The van der Waals surface area contributed by atoms with Crippen molar-refractivity contribution < 1.29 is 82.0 Å². The molecular formula is C45H32Br2F10N8O8. The molecule has 7 rings (SSSR count). The number of hydrogen-bond donors (Lipinski definition) is 0. The highest BCUT2D eigenvalue weighted by Gasteiger charge is 2.49. The van der Waals surface area contributed by atoms with E-state index in [0.29, 0.717) is 37.0 Å². The molecule has 28 heteroatoms. The van der Waals surface area contributed by atoms with Crippen molar-refractivity contribution in [2.24, 2.45) is 7.05 Å². The van der Waals surface area contributed by atoms with E-state index in [0.717, 1.165) is 35.0 Å². The number of Topliss-reactive ketones (excluding diaryl/α,β-unsaturated/α-hetero) is 2. The van der Waals surface area contributed by atoms with Crippen molar-refractivity contribution >= 4 is 55.4 Å². The molecule has 0 unspecified atom stereocenters. The lowest BCUT2D eigenvalue weighted by atomic mass is 10.0. The quantitative estimate of drug-likeness (QED) is 0.0386. The van der Waals surface area contributed by atoms with Gasteiger partial charge in [0, 0.05) is 38.2 Å². The Morgan fingerprint density at radius 2 is 1.05 bits per heavy atom. The third kappa shape index (κ3) is 13.1. The van der Waals surface area contributed by atoms with Gasteiger partial charge in [-0.05, 0) is 105 Å². The molecule has 0 N–H and O–H groups in total. The molecule has 0 aliphatic carbocycles. The molecule has 0 spiro atoms. The second kappa shape index (κ2) is 22.1. The summed E-state index contributed by atoms with van der Waals surface area (Å²) in [6.07, 6.45) is -8.36. The Bertz CT molecular complexity index is 3140. The average molecular weight is 1160 g/mol. The number of carbonyl (C=O) groups excluding carboxylic acids is 4. The third-order valence-corrected chi connectivity index (χ3v) is 10.7. The van der Waals surface area contributed by atoms with Crippen molar-refractivity contribution in [2.45, 2.75) is 44.8 Å². The topological polar surface area (TPSA) is 184 Å². The van der Waals surface area contributed by atoms with E-state index in [1.807, 2.05) is 0 Å². The average Bonchev–Trinajstić information content (AvgIpc) is 4.10. The van der Waals surface area contributed by atoms with Gasteiger partial charge in [0.25, 0.3) is 0 Å². The zero-order chi connectivity index (χ0) is 53.6. The Labute approximate surface area is 421 Å². The van der Waals surface area contributed by atoms with Crippen molar-refractivity contribution in [3.05, 3.63) is 124 Å². The summed E-state index contributed by atoms with van der Waals surface area (Å²) in [7, 11) is 1.44. The molecule has 3 heterocycles. The van der Waals surface area contributed by atoms with Crippen LogP contribution in [0.4, 0.5) is 43.9 Å². The minimum absolute atomic E-state index is 0.0322. The number of ketones is 2. The van der Waals surface area contributed by atoms with Crippen molar-refractivity contribution in [2.75, 3.05) is 13.2 Å². The summed E-state index contributed by atoms with van der Waals surface area (Å²) < 4.78 is 153. The van der Waals surface area contributed by atoms with Crippen molar-refractivity contribution in [3.8, 4) is 56.6 Å². The van der Waals surface area contributed by atoms with Gasteiger partial charge in [0.05, 0.1) is 60.5 Å². The van der Waals surface area contributed by atoms with E-state index in [1.165, 1.54) is 85.1 Å². The molecule has 0 aliphatic rings. The van der Waals surface area contributed by atoms with Gasteiger partial charge in [0.15, 0.2) is 5.78 Å². The van der Waals surface area contributed by atoms with Gasteiger partial charge in [-0.1, -0.05) is 42.3 Å². The molecule has 16 nitrogen and oxygen atoms in total. The molecule has 0 amide bonds. The molecule has 384 valence electrons. The summed E-state index contributed by atoms with van der Waals surface area (Å²) in [5.41, 5.74) is 1.50. The first-order valence-corrected chi connectivity index (χ1v) is 22.2. The highest BCUT2D eigenvalue weighted by Crippen LogP contribution is 2.37. The van der Waals surface area contributed by atoms with Crippen LogP contribution in [0.1, 0.15) is 36.3 Å². The summed E-state index contributed by atoms with van der Waals surface area (Å²) in [6.45, 7) is 2.09. The Kier molecular flexibility index (Phi) is 16.6. The first kappa shape index (κ1) is 54.8. The predicted octanol–water partition coefficient (Wildman–Crippen LogP) is 10.6. The fraction of sp³-hybridized carbons (Fsp3) is 0.222.